The maximum atomic E-state index is 12.2. The molecule has 0 bridgehead atoms. The highest BCUT2D eigenvalue weighted by Gasteiger charge is 2.21. The molecule has 1 aliphatic rings. The van der Waals surface area contributed by atoms with Crippen LogP contribution in [0.25, 0.3) is 5.69 Å². The second kappa shape index (κ2) is 9.83. The Morgan fingerprint density at radius 2 is 1.80 bits per heavy atom. The van der Waals surface area contributed by atoms with Gasteiger partial charge in [-0.15, -0.1) is 0 Å². The Balaban J connectivity index is 1.21. The number of carbonyl (C=O) groups is 1. The number of ether oxygens (including phenoxy) is 1. The van der Waals surface area contributed by atoms with Gasteiger partial charge in [-0.3, -0.25) is 9.69 Å². The number of nitrogens with one attached hydrogen (secondary N) is 1. The zero-order valence-electron chi connectivity index (χ0n) is 16.8. The van der Waals surface area contributed by atoms with Crippen molar-refractivity contribution in [1.82, 2.24) is 14.8 Å². The molecule has 30 heavy (non-hydrogen) atoms. The van der Waals surface area contributed by atoms with Crippen molar-refractivity contribution >= 4 is 17.5 Å². The van der Waals surface area contributed by atoms with Crippen LogP contribution in [0.3, 0.4) is 0 Å². The van der Waals surface area contributed by atoms with Crippen LogP contribution in [-0.4, -0.2) is 41.1 Å². The second-order valence-corrected chi connectivity index (χ2v) is 8.06. The van der Waals surface area contributed by atoms with Gasteiger partial charge in [-0.2, -0.15) is 0 Å². The Kier molecular flexibility index (Phi) is 6.72. The largest absolute Gasteiger partial charge is 0.484 e. The number of aromatic nitrogens is 1. The SMILES string of the molecule is O=C(COc1cccc(Cl)c1)NC1CCN(Cc2cccc(-n3cccc3)c2)CC1. The highest BCUT2D eigenvalue weighted by molar-refractivity contribution is 6.30. The number of likely N-dealkylation sites (tertiary alicyclic amines) is 1. The van der Waals surface area contributed by atoms with Crippen molar-refractivity contribution in [3.63, 3.8) is 0 Å². The fourth-order valence-corrected chi connectivity index (χ4v) is 3.97. The molecule has 1 saturated heterocycles. The number of rotatable bonds is 7. The molecular weight excluding hydrogens is 398 g/mol. The molecule has 0 atom stereocenters. The molecule has 1 amide bonds. The minimum Gasteiger partial charge on any atom is -0.484 e. The van der Waals surface area contributed by atoms with Gasteiger partial charge in [0.2, 0.25) is 0 Å². The Morgan fingerprint density at radius 1 is 1.03 bits per heavy atom. The first-order chi connectivity index (χ1) is 14.7. The van der Waals surface area contributed by atoms with Gasteiger partial charge in [-0.1, -0.05) is 29.8 Å². The van der Waals surface area contributed by atoms with Crippen LogP contribution >= 0.6 is 11.6 Å². The first-order valence-electron chi connectivity index (χ1n) is 10.3. The van der Waals surface area contributed by atoms with E-state index in [4.69, 9.17) is 16.3 Å². The molecule has 5 nitrogen and oxygen atoms in total. The van der Waals surface area contributed by atoms with Crippen molar-refractivity contribution in [2.45, 2.75) is 25.4 Å². The molecule has 2 heterocycles. The number of piperidine rings is 1. The van der Waals surface area contributed by atoms with E-state index < -0.39 is 0 Å². The fourth-order valence-electron chi connectivity index (χ4n) is 3.79. The molecule has 0 saturated carbocycles. The van der Waals surface area contributed by atoms with Gasteiger partial charge in [0.05, 0.1) is 0 Å². The standard InChI is InChI=1S/C24H26ClN3O2/c25-20-6-4-8-23(16-20)30-18-24(29)26-21-9-13-27(14-10-21)17-19-5-3-7-22(15-19)28-11-1-2-12-28/h1-8,11-12,15-16,21H,9-10,13-14,17-18H2,(H,26,29). The van der Waals surface area contributed by atoms with Gasteiger partial charge in [-0.05, 0) is 60.9 Å². The highest BCUT2D eigenvalue weighted by Crippen LogP contribution is 2.18. The van der Waals surface area contributed by atoms with Crippen molar-refractivity contribution in [3.05, 3.63) is 83.6 Å². The third-order valence-corrected chi connectivity index (χ3v) is 5.57. The molecule has 6 heteroatoms. The summed E-state index contributed by atoms with van der Waals surface area (Å²) < 4.78 is 7.64. The molecule has 1 fully saturated rings. The Bertz CT molecular complexity index is 966. The van der Waals surface area contributed by atoms with Crippen LogP contribution < -0.4 is 10.1 Å². The van der Waals surface area contributed by atoms with E-state index in [-0.39, 0.29) is 18.6 Å². The average Bonchev–Trinajstić information content (AvgIpc) is 3.29. The normalized spacial score (nSPS) is 15.1. The van der Waals surface area contributed by atoms with Gasteiger partial charge in [0.15, 0.2) is 6.61 Å². The molecule has 2 aromatic carbocycles. The molecule has 1 N–H and O–H groups in total. The predicted molar refractivity (Wildman–Crippen MR) is 119 cm³/mol. The molecule has 0 unspecified atom stereocenters. The maximum absolute atomic E-state index is 12.2. The first kappa shape index (κ1) is 20.5. The minimum atomic E-state index is -0.0900. The number of hydrogen-bond donors (Lipinski definition) is 1. The Labute approximate surface area is 182 Å². The van der Waals surface area contributed by atoms with Gasteiger partial charge in [-0.25, -0.2) is 0 Å². The maximum Gasteiger partial charge on any atom is 0.258 e. The summed E-state index contributed by atoms with van der Waals surface area (Å²) >= 11 is 5.94. The predicted octanol–water partition coefficient (Wildman–Crippen LogP) is 4.29. The summed E-state index contributed by atoms with van der Waals surface area (Å²) in [5, 5.41) is 3.69. The highest BCUT2D eigenvalue weighted by atomic mass is 35.5. The van der Waals surface area contributed by atoms with Crippen molar-refractivity contribution < 1.29 is 9.53 Å². The molecule has 3 aromatic rings. The van der Waals surface area contributed by atoms with Crippen LogP contribution in [0.5, 0.6) is 5.75 Å². The number of benzene rings is 2. The number of carbonyl (C=O) groups excluding carboxylic acids is 1. The molecule has 0 spiro atoms. The summed E-state index contributed by atoms with van der Waals surface area (Å²) in [6.07, 6.45) is 6.01. The van der Waals surface area contributed by atoms with E-state index in [1.165, 1.54) is 11.3 Å². The van der Waals surface area contributed by atoms with Crippen molar-refractivity contribution in [2.24, 2.45) is 0 Å². The molecule has 0 aliphatic carbocycles. The Hall–Kier alpha value is -2.76. The molecule has 1 aliphatic heterocycles. The summed E-state index contributed by atoms with van der Waals surface area (Å²) in [4.78, 5) is 14.7. The summed E-state index contributed by atoms with van der Waals surface area (Å²) in [5.74, 6) is 0.516. The van der Waals surface area contributed by atoms with Crippen LogP contribution in [0.2, 0.25) is 5.02 Å². The van der Waals surface area contributed by atoms with E-state index in [1.807, 2.05) is 12.1 Å². The van der Waals surface area contributed by atoms with E-state index in [0.29, 0.717) is 10.8 Å². The zero-order valence-corrected chi connectivity index (χ0v) is 17.6. The average molecular weight is 424 g/mol. The lowest BCUT2D eigenvalue weighted by molar-refractivity contribution is -0.124. The molecular formula is C24H26ClN3O2. The third kappa shape index (κ3) is 5.65. The van der Waals surface area contributed by atoms with E-state index in [1.54, 1.807) is 24.3 Å². The van der Waals surface area contributed by atoms with Crippen molar-refractivity contribution in [2.75, 3.05) is 19.7 Å². The van der Waals surface area contributed by atoms with Gasteiger partial charge in [0.1, 0.15) is 5.75 Å². The lowest BCUT2D eigenvalue weighted by atomic mass is 10.0. The molecule has 1 aromatic heterocycles. The lowest BCUT2D eigenvalue weighted by Crippen LogP contribution is -2.45. The number of amides is 1. The molecule has 156 valence electrons. The topological polar surface area (TPSA) is 46.5 Å². The van der Waals surface area contributed by atoms with Crippen molar-refractivity contribution in [3.8, 4) is 11.4 Å². The van der Waals surface area contributed by atoms with Gasteiger partial charge < -0.3 is 14.6 Å². The third-order valence-electron chi connectivity index (χ3n) is 5.34. The van der Waals surface area contributed by atoms with E-state index in [2.05, 4.69) is 51.4 Å². The quantitative estimate of drug-likeness (QED) is 0.616. The van der Waals surface area contributed by atoms with E-state index in [0.717, 1.165) is 32.5 Å². The number of hydrogen-bond acceptors (Lipinski definition) is 3. The van der Waals surface area contributed by atoms with Gasteiger partial charge in [0.25, 0.3) is 5.91 Å². The van der Waals surface area contributed by atoms with E-state index >= 15 is 0 Å². The Morgan fingerprint density at radius 3 is 2.57 bits per heavy atom. The van der Waals surface area contributed by atoms with Gasteiger partial charge >= 0.3 is 0 Å². The smallest absolute Gasteiger partial charge is 0.258 e. The molecule has 4 rings (SSSR count). The minimum absolute atomic E-state index is 0.00669. The van der Waals surface area contributed by atoms with E-state index in [9.17, 15) is 4.79 Å². The summed E-state index contributed by atoms with van der Waals surface area (Å²) in [7, 11) is 0. The van der Waals surface area contributed by atoms with Crippen LogP contribution in [0, 0.1) is 0 Å². The molecule has 0 radical (unpaired) electrons. The van der Waals surface area contributed by atoms with Crippen LogP contribution in [-0.2, 0) is 11.3 Å². The first-order valence-corrected chi connectivity index (χ1v) is 10.7. The van der Waals surface area contributed by atoms with Crippen LogP contribution in [0.15, 0.2) is 73.1 Å². The lowest BCUT2D eigenvalue weighted by Gasteiger charge is -2.32. The monoisotopic (exact) mass is 423 g/mol. The van der Waals surface area contributed by atoms with Crippen LogP contribution in [0.4, 0.5) is 0 Å². The number of halogens is 1. The summed E-state index contributed by atoms with van der Waals surface area (Å²) in [6.45, 7) is 2.86. The van der Waals surface area contributed by atoms with Crippen LogP contribution in [0.1, 0.15) is 18.4 Å². The van der Waals surface area contributed by atoms with Gasteiger partial charge in [0, 0.05) is 48.8 Å². The number of nitrogens with zero attached hydrogens (tertiary/aromatic N) is 2. The second-order valence-electron chi connectivity index (χ2n) is 7.62. The zero-order chi connectivity index (χ0) is 20.8. The fraction of sp³-hybridized carbons (Fsp3) is 0.292. The summed E-state index contributed by atoms with van der Waals surface area (Å²) in [6, 6.07) is 20.0. The summed E-state index contributed by atoms with van der Waals surface area (Å²) in [5.41, 5.74) is 2.48. The van der Waals surface area contributed by atoms with Crippen molar-refractivity contribution in [1.29, 1.82) is 0 Å².